The number of hydrogen-bond donors (Lipinski definition) is 0. The lowest BCUT2D eigenvalue weighted by atomic mass is 10.1. The molecule has 0 aliphatic carbocycles. The van der Waals surface area contributed by atoms with Crippen LogP contribution in [0.1, 0.15) is 44.5 Å². The average molecular weight is 178 g/mol. The molecule has 0 atom stereocenters. The van der Waals surface area contributed by atoms with E-state index in [4.69, 9.17) is 0 Å². The van der Waals surface area contributed by atoms with E-state index < -0.39 is 0 Å². The zero-order chi connectivity index (χ0) is 9.84. The molecule has 0 bridgehead atoms. The van der Waals surface area contributed by atoms with Gasteiger partial charge in [-0.1, -0.05) is 27.4 Å². The van der Waals surface area contributed by atoms with Gasteiger partial charge in [0.25, 0.3) is 0 Å². The van der Waals surface area contributed by atoms with E-state index in [1.807, 2.05) is 10.8 Å². The Bertz CT molecular complexity index is 284. The maximum absolute atomic E-state index is 4.52. The minimum Gasteiger partial charge on any atom is -0.265 e. The third kappa shape index (κ3) is 2.20. The van der Waals surface area contributed by atoms with Gasteiger partial charge in [0.05, 0.1) is 11.4 Å². The Hall–Kier alpha value is -1.05. The van der Waals surface area contributed by atoms with Gasteiger partial charge in [-0.3, -0.25) is 4.68 Å². The van der Waals surface area contributed by atoms with Crippen molar-refractivity contribution >= 4 is 6.08 Å². The van der Waals surface area contributed by atoms with Gasteiger partial charge in [0.1, 0.15) is 0 Å². The third-order valence-corrected chi connectivity index (χ3v) is 2.07. The predicted octanol–water partition coefficient (Wildman–Crippen LogP) is 3.06. The molecule has 0 amide bonds. The van der Waals surface area contributed by atoms with Crippen molar-refractivity contribution in [1.29, 1.82) is 0 Å². The Kier molecular flexibility index (Phi) is 3.29. The maximum atomic E-state index is 4.52. The summed E-state index contributed by atoms with van der Waals surface area (Å²) in [4.78, 5) is 0. The fraction of sp³-hybridized carbons (Fsp3) is 0.545. The second-order valence-corrected chi connectivity index (χ2v) is 3.58. The summed E-state index contributed by atoms with van der Waals surface area (Å²) in [5.41, 5.74) is 2.29. The van der Waals surface area contributed by atoms with Crippen LogP contribution in [-0.2, 0) is 6.54 Å². The molecule has 0 N–H and O–H groups in total. The molecule has 1 rings (SSSR count). The molecule has 13 heavy (non-hydrogen) atoms. The van der Waals surface area contributed by atoms with E-state index in [9.17, 15) is 0 Å². The molecular weight excluding hydrogens is 160 g/mol. The molecule has 0 saturated carbocycles. The summed E-state index contributed by atoms with van der Waals surface area (Å²) in [5.74, 6) is 0.497. The van der Waals surface area contributed by atoms with Gasteiger partial charge < -0.3 is 0 Å². The first-order valence-corrected chi connectivity index (χ1v) is 4.89. The Morgan fingerprint density at radius 3 is 2.77 bits per heavy atom. The van der Waals surface area contributed by atoms with Crippen LogP contribution in [0.25, 0.3) is 6.08 Å². The highest BCUT2D eigenvalue weighted by Crippen LogP contribution is 2.15. The topological polar surface area (TPSA) is 17.8 Å². The highest BCUT2D eigenvalue weighted by molar-refractivity contribution is 5.43. The lowest BCUT2D eigenvalue weighted by Gasteiger charge is -2.01. The molecule has 1 aromatic rings. The Labute approximate surface area is 80.3 Å². The van der Waals surface area contributed by atoms with Gasteiger partial charge in [-0.15, -0.1) is 0 Å². The predicted molar refractivity (Wildman–Crippen MR) is 56.7 cm³/mol. The van der Waals surface area contributed by atoms with Crippen LogP contribution >= 0.6 is 0 Å². The standard InChI is InChI=1S/C11H18N2/c1-5-7-13-10(6-2)8-11(12-13)9(3)4/h6,8-9H,2,5,7H2,1,3-4H3. The molecule has 0 radical (unpaired) electrons. The summed E-state index contributed by atoms with van der Waals surface area (Å²) in [6, 6.07) is 2.12. The first kappa shape index (κ1) is 10.0. The maximum Gasteiger partial charge on any atom is 0.0656 e. The highest BCUT2D eigenvalue weighted by atomic mass is 15.3. The van der Waals surface area contributed by atoms with E-state index >= 15 is 0 Å². The zero-order valence-corrected chi connectivity index (χ0v) is 8.75. The van der Waals surface area contributed by atoms with E-state index in [1.165, 1.54) is 0 Å². The normalized spacial score (nSPS) is 10.8. The van der Waals surface area contributed by atoms with Gasteiger partial charge in [0, 0.05) is 6.54 Å². The number of hydrogen-bond acceptors (Lipinski definition) is 1. The van der Waals surface area contributed by atoms with E-state index in [2.05, 4.69) is 38.5 Å². The molecule has 1 aromatic heterocycles. The summed E-state index contributed by atoms with van der Waals surface area (Å²) >= 11 is 0. The van der Waals surface area contributed by atoms with Crippen LogP contribution in [0.5, 0.6) is 0 Å². The molecule has 2 heteroatoms. The molecule has 0 spiro atoms. The number of rotatable bonds is 4. The van der Waals surface area contributed by atoms with Crippen molar-refractivity contribution in [3.8, 4) is 0 Å². The third-order valence-electron chi connectivity index (χ3n) is 2.07. The lowest BCUT2D eigenvalue weighted by Crippen LogP contribution is -2.01. The summed E-state index contributed by atoms with van der Waals surface area (Å²) in [5, 5.41) is 4.52. The van der Waals surface area contributed by atoms with Gasteiger partial charge >= 0.3 is 0 Å². The zero-order valence-electron chi connectivity index (χ0n) is 8.75. The summed E-state index contributed by atoms with van der Waals surface area (Å²) in [6.07, 6.45) is 2.98. The first-order chi connectivity index (χ1) is 6.19. The molecule has 0 aliphatic heterocycles. The van der Waals surface area contributed by atoms with Crippen molar-refractivity contribution in [2.24, 2.45) is 0 Å². The van der Waals surface area contributed by atoms with E-state index in [0.717, 1.165) is 24.4 Å². The minimum atomic E-state index is 0.497. The van der Waals surface area contributed by atoms with Gasteiger partial charge in [-0.05, 0) is 24.5 Å². The Balaban J connectivity index is 2.96. The van der Waals surface area contributed by atoms with Crippen LogP contribution in [-0.4, -0.2) is 9.78 Å². The van der Waals surface area contributed by atoms with Gasteiger partial charge in [0.15, 0.2) is 0 Å². The molecule has 72 valence electrons. The molecule has 0 saturated heterocycles. The second-order valence-electron chi connectivity index (χ2n) is 3.58. The quantitative estimate of drug-likeness (QED) is 0.693. The molecule has 0 aliphatic rings. The molecule has 0 aromatic carbocycles. The van der Waals surface area contributed by atoms with E-state index in [-0.39, 0.29) is 0 Å². The second kappa shape index (κ2) is 4.26. The first-order valence-electron chi connectivity index (χ1n) is 4.89. The fourth-order valence-corrected chi connectivity index (χ4v) is 1.29. The van der Waals surface area contributed by atoms with Crippen LogP contribution in [0, 0.1) is 0 Å². The number of nitrogens with zero attached hydrogens (tertiary/aromatic N) is 2. The molecule has 0 unspecified atom stereocenters. The largest absolute Gasteiger partial charge is 0.265 e. The highest BCUT2D eigenvalue weighted by Gasteiger charge is 2.07. The van der Waals surface area contributed by atoms with Gasteiger partial charge in [-0.25, -0.2) is 0 Å². The van der Waals surface area contributed by atoms with Crippen LogP contribution in [0.2, 0.25) is 0 Å². The van der Waals surface area contributed by atoms with Gasteiger partial charge in [-0.2, -0.15) is 5.10 Å². The van der Waals surface area contributed by atoms with E-state index in [1.54, 1.807) is 0 Å². The molecular formula is C11H18N2. The van der Waals surface area contributed by atoms with Crippen molar-refractivity contribution in [2.45, 2.75) is 39.7 Å². The number of aryl methyl sites for hydroxylation is 1. The smallest absolute Gasteiger partial charge is 0.0656 e. The fourth-order valence-electron chi connectivity index (χ4n) is 1.29. The van der Waals surface area contributed by atoms with Crippen molar-refractivity contribution < 1.29 is 0 Å². The van der Waals surface area contributed by atoms with Gasteiger partial charge in [0.2, 0.25) is 0 Å². The van der Waals surface area contributed by atoms with Crippen molar-refractivity contribution in [3.05, 3.63) is 24.0 Å². The lowest BCUT2D eigenvalue weighted by molar-refractivity contribution is 0.584. The average Bonchev–Trinajstić information content (AvgIpc) is 2.48. The van der Waals surface area contributed by atoms with Crippen molar-refractivity contribution in [3.63, 3.8) is 0 Å². The van der Waals surface area contributed by atoms with Crippen molar-refractivity contribution in [2.75, 3.05) is 0 Å². The summed E-state index contributed by atoms with van der Waals surface area (Å²) < 4.78 is 2.03. The molecule has 0 fully saturated rings. The van der Waals surface area contributed by atoms with Crippen molar-refractivity contribution in [1.82, 2.24) is 9.78 Å². The summed E-state index contributed by atoms with van der Waals surface area (Å²) in [7, 11) is 0. The Morgan fingerprint density at radius 1 is 1.62 bits per heavy atom. The van der Waals surface area contributed by atoms with Crippen LogP contribution < -0.4 is 0 Å². The molecule has 1 heterocycles. The summed E-state index contributed by atoms with van der Waals surface area (Å²) in [6.45, 7) is 11.2. The Morgan fingerprint density at radius 2 is 2.31 bits per heavy atom. The minimum absolute atomic E-state index is 0.497. The molecule has 2 nitrogen and oxygen atoms in total. The van der Waals surface area contributed by atoms with Crippen LogP contribution in [0.3, 0.4) is 0 Å². The van der Waals surface area contributed by atoms with Crippen LogP contribution in [0.15, 0.2) is 12.6 Å². The van der Waals surface area contributed by atoms with E-state index in [0.29, 0.717) is 5.92 Å². The monoisotopic (exact) mass is 178 g/mol. The van der Waals surface area contributed by atoms with Crippen LogP contribution in [0.4, 0.5) is 0 Å². The number of aromatic nitrogens is 2. The SMILES string of the molecule is C=Cc1cc(C(C)C)nn1CCC.